The Kier molecular flexibility index (Phi) is 5.70. The van der Waals surface area contributed by atoms with Crippen LogP contribution >= 0.6 is 0 Å². The molecule has 0 spiro atoms. The zero-order chi connectivity index (χ0) is 17.2. The van der Waals surface area contributed by atoms with Gasteiger partial charge in [-0.2, -0.15) is 0 Å². The highest BCUT2D eigenvalue weighted by molar-refractivity contribution is 5.68. The summed E-state index contributed by atoms with van der Waals surface area (Å²) >= 11 is 0. The quantitative estimate of drug-likeness (QED) is 0.790. The van der Waals surface area contributed by atoms with Gasteiger partial charge in [-0.25, -0.2) is 4.79 Å². The minimum atomic E-state index is -0.398. The third kappa shape index (κ3) is 4.85. The van der Waals surface area contributed by atoms with E-state index < -0.39 is 5.60 Å². The maximum absolute atomic E-state index is 12.2. The predicted octanol–water partition coefficient (Wildman–Crippen LogP) is 2.80. The molecule has 138 valence electrons. The van der Waals surface area contributed by atoms with Crippen molar-refractivity contribution in [1.82, 2.24) is 14.7 Å². The molecule has 0 bridgehead atoms. The molecule has 3 saturated heterocycles. The van der Waals surface area contributed by atoms with Gasteiger partial charge in [0.1, 0.15) is 5.60 Å². The van der Waals surface area contributed by atoms with Crippen LogP contribution in [-0.2, 0) is 4.74 Å². The molecule has 1 amide bonds. The molecule has 2 atom stereocenters. The minimum Gasteiger partial charge on any atom is -0.444 e. The van der Waals surface area contributed by atoms with E-state index in [0.717, 1.165) is 32.1 Å². The fourth-order valence-electron chi connectivity index (χ4n) is 4.41. The largest absolute Gasteiger partial charge is 0.444 e. The molecule has 3 aliphatic heterocycles. The summed E-state index contributed by atoms with van der Waals surface area (Å²) < 4.78 is 5.52. The van der Waals surface area contributed by atoms with E-state index in [-0.39, 0.29) is 6.09 Å². The molecular formula is C19H35N3O2. The standard InChI is InChI=1S/C19H35N3O2/c1-19(2,3)24-18(23)22-12-8-16(14-22)13-21-11-6-7-17(21)15-20-9-4-5-10-20/h16-17H,4-15H2,1-3H3/t16-,17-/m0/s1. The van der Waals surface area contributed by atoms with Crippen LogP contribution in [0.5, 0.6) is 0 Å². The van der Waals surface area contributed by atoms with Crippen molar-refractivity contribution in [3.63, 3.8) is 0 Å². The number of carbonyl (C=O) groups excluding carboxylic acids is 1. The summed E-state index contributed by atoms with van der Waals surface area (Å²) in [5.74, 6) is 0.608. The minimum absolute atomic E-state index is 0.139. The van der Waals surface area contributed by atoms with Gasteiger partial charge in [-0.1, -0.05) is 0 Å². The van der Waals surface area contributed by atoms with Gasteiger partial charge in [0.05, 0.1) is 0 Å². The van der Waals surface area contributed by atoms with Crippen molar-refractivity contribution in [2.45, 2.75) is 64.5 Å². The first-order chi connectivity index (χ1) is 11.4. The first-order valence-electron chi connectivity index (χ1n) is 9.85. The Morgan fingerprint density at radius 3 is 2.46 bits per heavy atom. The highest BCUT2D eigenvalue weighted by Crippen LogP contribution is 2.25. The van der Waals surface area contributed by atoms with Crippen LogP contribution in [-0.4, -0.2) is 78.2 Å². The number of amides is 1. The topological polar surface area (TPSA) is 36.0 Å². The average Bonchev–Trinajstić information content (AvgIpc) is 3.21. The Morgan fingerprint density at radius 2 is 1.75 bits per heavy atom. The van der Waals surface area contributed by atoms with E-state index in [4.69, 9.17) is 4.74 Å². The van der Waals surface area contributed by atoms with Crippen LogP contribution in [0.4, 0.5) is 4.79 Å². The highest BCUT2D eigenvalue weighted by atomic mass is 16.6. The third-order valence-corrected chi connectivity index (χ3v) is 5.60. The Labute approximate surface area is 147 Å². The molecule has 0 radical (unpaired) electrons. The lowest BCUT2D eigenvalue weighted by molar-refractivity contribution is 0.0284. The summed E-state index contributed by atoms with van der Waals surface area (Å²) in [6.45, 7) is 13.7. The van der Waals surface area contributed by atoms with Gasteiger partial charge in [-0.05, 0) is 78.4 Å². The van der Waals surface area contributed by atoms with Crippen LogP contribution in [0.3, 0.4) is 0 Å². The van der Waals surface area contributed by atoms with Crippen LogP contribution in [0.1, 0.15) is 52.9 Å². The van der Waals surface area contributed by atoms with Crippen molar-refractivity contribution < 1.29 is 9.53 Å². The molecule has 0 aromatic carbocycles. The van der Waals surface area contributed by atoms with E-state index in [2.05, 4.69) is 9.80 Å². The van der Waals surface area contributed by atoms with E-state index >= 15 is 0 Å². The second-order valence-electron chi connectivity index (χ2n) is 8.88. The van der Waals surface area contributed by atoms with E-state index in [1.807, 2.05) is 25.7 Å². The van der Waals surface area contributed by atoms with E-state index in [9.17, 15) is 4.79 Å². The summed E-state index contributed by atoms with van der Waals surface area (Å²) in [4.78, 5) is 19.5. The van der Waals surface area contributed by atoms with Gasteiger partial charge in [-0.3, -0.25) is 4.90 Å². The molecule has 0 aliphatic carbocycles. The van der Waals surface area contributed by atoms with Crippen molar-refractivity contribution in [2.75, 3.05) is 45.8 Å². The number of likely N-dealkylation sites (tertiary alicyclic amines) is 3. The zero-order valence-corrected chi connectivity index (χ0v) is 15.8. The van der Waals surface area contributed by atoms with Crippen LogP contribution in [0.2, 0.25) is 0 Å². The van der Waals surface area contributed by atoms with Gasteiger partial charge in [0.15, 0.2) is 0 Å². The van der Waals surface area contributed by atoms with Gasteiger partial charge in [0, 0.05) is 32.2 Å². The second-order valence-corrected chi connectivity index (χ2v) is 8.88. The van der Waals surface area contributed by atoms with Crippen molar-refractivity contribution in [2.24, 2.45) is 5.92 Å². The Morgan fingerprint density at radius 1 is 1.00 bits per heavy atom. The number of carbonyl (C=O) groups is 1. The number of ether oxygens (including phenoxy) is 1. The predicted molar refractivity (Wildman–Crippen MR) is 96.2 cm³/mol. The summed E-state index contributed by atoms with van der Waals surface area (Å²) in [5.41, 5.74) is -0.398. The molecule has 0 N–H and O–H groups in total. The molecule has 0 aromatic rings. The van der Waals surface area contributed by atoms with Crippen LogP contribution in [0.15, 0.2) is 0 Å². The zero-order valence-electron chi connectivity index (χ0n) is 15.8. The lowest BCUT2D eigenvalue weighted by Gasteiger charge is -2.30. The molecule has 0 saturated carbocycles. The molecule has 5 nitrogen and oxygen atoms in total. The Bertz CT molecular complexity index is 429. The first-order valence-corrected chi connectivity index (χ1v) is 9.85. The molecule has 5 heteroatoms. The lowest BCUT2D eigenvalue weighted by Crippen LogP contribution is -2.42. The van der Waals surface area contributed by atoms with Gasteiger partial charge < -0.3 is 14.5 Å². The average molecular weight is 338 g/mol. The molecule has 3 heterocycles. The number of hydrogen-bond acceptors (Lipinski definition) is 4. The monoisotopic (exact) mass is 337 g/mol. The molecule has 3 aliphatic rings. The third-order valence-electron chi connectivity index (χ3n) is 5.60. The first kappa shape index (κ1) is 18.0. The maximum atomic E-state index is 12.2. The Balaban J connectivity index is 1.45. The fourth-order valence-corrected chi connectivity index (χ4v) is 4.41. The lowest BCUT2D eigenvalue weighted by atomic mass is 10.1. The smallest absolute Gasteiger partial charge is 0.410 e. The molecule has 0 aromatic heterocycles. The number of nitrogens with zero attached hydrogens (tertiary/aromatic N) is 3. The normalized spacial score (nSPS) is 29.5. The highest BCUT2D eigenvalue weighted by Gasteiger charge is 2.34. The van der Waals surface area contributed by atoms with Crippen molar-refractivity contribution in [1.29, 1.82) is 0 Å². The second kappa shape index (κ2) is 7.61. The molecular weight excluding hydrogens is 302 g/mol. The van der Waals surface area contributed by atoms with Gasteiger partial charge in [0.2, 0.25) is 0 Å². The summed E-state index contributed by atoms with van der Waals surface area (Å²) in [5, 5.41) is 0. The van der Waals surface area contributed by atoms with Crippen LogP contribution < -0.4 is 0 Å². The number of hydrogen-bond donors (Lipinski definition) is 0. The summed E-state index contributed by atoms with van der Waals surface area (Å²) in [6.07, 6.45) is 6.41. The van der Waals surface area contributed by atoms with Crippen molar-refractivity contribution in [3.8, 4) is 0 Å². The summed E-state index contributed by atoms with van der Waals surface area (Å²) in [6, 6.07) is 0.735. The van der Waals surface area contributed by atoms with Crippen molar-refractivity contribution >= 4 is 6.09 Å². The van der Waals surface area contributed by atoms with Crippen LogP contribution in [0.25, 0.3) is 0 Å². The van der Waals surface area contributed by atoms with Gasteiger partial charge in [0.25, 0.3) is 0 Å². The fraction of sp³-hybridized carbons (Fsp3) is 0.947. The SMILES string of the molecule is CC(C)(C)OC(=O)N1CC[C@@H](CN2CCC[C@H]2CN2CCCC2)C1. The molecule has 0 unspecified atom stereocenters. The van der Waals surface area contributed by atoms with Crippen molar-refractivity contribution in [3.05, 3.63) is 0 Å². The van der Waals surface area contributed by atoms with E-state index in [1.54, 1.807) is 0 Å². The van der Waals surface area contributed by atoms with Gasteiger partial charge in [-0.15, -0.1) is 0 Å². The molecule has 24 heavy (non-hydrogen) atoms. The Hall–Kier alpha value is -0.810. The molecule has 3 fully saturated rings. The van der Waals surface area contributed by atoms with E-state index in [1.165, 1.54) is 51.9 Å². The summed E-state index contributed by atoms with van der Waals surface area (Å²) in [7, 11) is 0. The van der Waals surface area contributed by atoms with Gasteiger partial charge >= 0.3 is 6.09 Å². The number of rotatable bonds is 4. The molecule has 3 rings (SSSR count). The maximum Gasteiger partial charge on any atom is 0.410 e. The van der Waals surface area contributed by atoms with Crippen LogP contribution in [0, 0.1) is 5.92 Å². The van der Waals surface area contributed by atoms with E-state index in [0.29, 0.717) is 5.92 Å².